The lowest BCUT2D eigenvalue weighted by atomic mass is 10.0. The van der Waals surface area contributed by atoms with Gasteiger partial charge in [0.05, 0.1) is 40.3 Å². The van der Waals surface area contributed by atoms with Gasteiger partial charge in [-0.05, 0) is 42.0 Å². The minimum atomic E-state index is -1.43. The maximum Gasteiger partial charge on any atom is 0.269 e. The van der Waals surface area contributed by atoms with E-state index in [-0.39, 0.29) is 27.1 Å². The summed E-state index contributed by atoms with van der Waals surface area (Å²) < 4.78 is 19.6. The van der Waals surface area contributed by atoms with Crippen LogP contribution in [0.1, 0.15) is 27.0 Å². The quantitative estimate of drug-likeness (QED) is 0.249. The van der Waals surface area contributed by atoms with Crippen LogP contribution in [-0.4, -0.2) is 42.8 Å². The van der Waals surface area contributed by atoms with Crippen molar-refractivity contribution < 1.29 is 18.7 Å². The number of hydrogen-bond donors (Lipinski definition) is 2. The van der Waals surface area contributed by atoms with Gasteiger partial charge in [0.1, 0.15) is 17.4 Å². The molecule has 0 fully saturated rings. The van der Waals surface area contributed by atoms with Gasteiger partial charge in [0.25, 0.3) is 11.8 Å². The van der Waals surface area contributed by atoms with E-state index in [1.54, 1.807) is 43.3 Å². The molecule has 2 heterocycles. The second-order valence-electron chi connectivity index (χ2n) is 9.36. The van der Waals surface area contributed by atoms with E-state index in [2.05, 4.69) is 20.6 Å². The number of halogens is 4. The Balaban J connectivity index is 1.50. The number of aromatic nitrogens is 1. The molecule has 42 heavy (non-hydrogen) atoms. The Labute approximate surface area is 256 Å². The largest absolute Gasteiger partial charge is 0.497 e. The summed E-state index contributed by atoms with van der Waals surface area (Å²) in [4.78, 5) is 37.3. The number of carbonyl (C=O) groups excluding carboxylic acids is 2. The van der Waals surface area contributed by atoms with Crippen molar-refractivity contribution in [1.29, 1.82) is 0 Å². The van der Waals surface area contributed by atoms with Crippen LogP contribution in [0.5, 0.6) is 5.75 Å². The van der Waals surface area contributed by atoms with Gasteiger partial charge in [0.2, 0.25) is 6.17 Å². The first-order valence-electron chi connectivity index (χ1n) is 12.6. The summed E-state index contributed by atoms with van der Waals surface area (Å²) in [6, 6.07) is 18.4. The van der Waals surface area contributed by atoms with E-state index in [0.717, 1.165) is 17.8 Å². The fourth-order valence-corrected chi connectivity index (χ4v) is 5.50. The lowest BCUT2D eigenvalue weighted by molar-refractivity contribution is -0.117. The third kappa shape index (κ3) is 6.18. The molecule has 0 radical (unpaired) electrons. The fraction of sp³-hybridized carbons (Fsp3) is 0.133. The first kappa shape index (κ1) is 29.3. The highest BCUT2D eigenvalue weighted by Gasteiger charge is 2.30. The minimum Gasteiger partial charge on any atom is -0.497 e. The van der Waals surface area contributed by atoms with Crippen LogP contribution >= 0.6 is 34.8 Å². The smallest absolute Gasteiger partial charge is 0.269 e. The molecular weight excluding hydrogens is 604 g/mol. The zero-order valence-electron chi connectivity index (χ0n) is 22.3. The van der Waals surface area contributed by atoms with Crippen LogP contribution in [0.25, 0.3) is 0 Å². The summed E-state index contributed by atoms with van der Waals surface area (Å²) in [7, 11) is 3.30. The monoisotopic (exact) mass is 625 g/mol. The topological polar surface area (TPSA) is 95.9 Å². The number of amides is 2. The number of anilines is 2. The van der Waals surface area contributed by atoms with Crippen LogP contribution in [0.3, 0.4) is 0 Å². The zero-order chi connectivity index (χ0) is 30.0. The van der Waals surface area contributed by atoms with Crippen LogP contribution < -0.4 is 20.3 Å². The van der Waals surface area contributed by atoms with Crippen LogP contribution in [0, 0.1) is 5.82 Å². The van der Waals surface area contributed by atoms with Crippen molar-refractivity contribution >= 4 is 63.8 Å². The molecule has 3 aromatic carbocycles. The summed E-state index contributed by atoms with van der Waals surface area (Å²) in [5, 5.41) is 6.12. The molecule has 5 rings (SSSR count). The Hall–Kier alpha value is -4.18. The molecule has 4 aromatic rings. The Morgan fingerprint density at radius 3 is 2.45 bits per heavy atom. The van der Waals surface area contributed by atoms with E-state index in [1.807, 2.05) is 24.3 Å². The predicted octanol–water partition coefficient (Wildman–Crippen LogP) is 6.37. The number of rotatable bonds is 7. The molecule has 0 saturated heterocycles. The van der Waals surface area contributed by atoms with Crippen molar-refractivity contribution in [2.45, 2.75) is 12.7 Å². The first-order chi connectivity index (χ1) is 20.1. The van der Waals surface area contributed by atoms with Crippen molar-refractivity contribution in [2.24, 2.45) is 4.99 Å². The normalized spacial score (nSPS) is 14.3. The van der Waals surface area contributed by atoms with Gasteiger partial charge in [-0.3, -0.25) is 9.59 Å². The Morgan fingerprint density at radius 1 is 1.07 bits per heavy atom. The summed E-state index contributed by atoms with van der Waals surface area (Å²) in [5.41, 5.74) is 2.38. The van der Waals surface area contributed by atoms with Gasteiger partial charge in [-0.1, -0.05) is 65.1 Å². The average molecular weight is 627 g/mol. The van der Waals surface area contributed by atoms with Crippen LogP contribution in [0.4, 0.5) is 15.9 Å². The van der Waals surface area contributed by atoms with Crippen LogP contribution in [0.15, 0.2) is 77.9 Å². The molecule has 1 unspecified atom stereocenters. The molecule has 2 N–H and O–H groups in total. The number of nitrogens with one attached hydrogen (secondary N) is 2. The highest BCUT2D eigenvalue weighted by molar-refractivity contribution is 6.44. The summed E-state index contributed by atoms with van der Waals surface area (Å²) in [6.45, 7) is 0.359. The van der Waals surface area contributed by atoms with Crippen molar-refractivity contribution in [3.63, 3.8) is 0 Å². The third-order valence-electron chi connectivity index (χ3n) is 6.48. The second-order valence-corrected chi connectivity index (χ2v) is 10.6. The van der Waals surface area contributed by atoms with Gasteiger partial charge in [0, 0.05) is 29.7 Å². The third-order valence-corrected chi connectivity index (χ3v) is 7.29. The molecule has 12 heteroatoms. The molecule has 1 aliphatic heterocycles. The SMILES string of the molecule is COc1ccc(CN(C)c2ncc(F)cc2C(=O)NC2N=C(c3c(Cl)cc(Cl)cc3Cl)c3ccccc3NC2=O)cc1. The van der Waals surface area contributed by atoms with E-state index in [1.165, 1.54) is 12.1 Å². The Bertz CT molecular complexity index is 1690. The zero-order valence-corrected chi connectivity index (χ0v) is 24.6. The van der Waals surface area contributed by atoms with E-state index < -0.39 is 23.8 Å². The summed E-state index contributed by atoms with van der Waals surface area (Å²) in [6.07, 6.45) is -0.405. The van der Waals surface area contributed by atoms with E-state index >= 15 is 0 Å². The van der Waals surface area contributed by atoms with Gasteiger partial charge in [0.15, 0.2) is 0 Å². The predicted molar refractivity (Wildman–Crippen MR) is 163 cm³/mol. The van der Waals surface area contributed by atoms with Gasteiger partial charge < -0.3 is 20.3 Å². The van der Waals surface area contributed by atoms with Crippen molar-refractivity contribution in [3.8, 4) is 5.75 Å². The van der Waals surface area contributed by atoms with Gasteiger partial charge in [-0.15, -0.1) is 0 Å². The minimum absolute atomic E-state index is 0.0834. The molecular formula is C30H23Cl3FN5O3. The summed E-state index contributed by atoms with van der Waals surface area (Å²) in [5.74, 6) is -1.20. The van der Waals surface area contributed by atoms with Gasteiger partial charge in [-0.25, -0.2) is 14.4 Å². The Kier molecular flexibility index (Phi) is 8.63. The van der Waals surface area contributed by atoms with Gasteiger partial charge >= 0.3 is 0 Å². The Morgan fingerprint density at radius 2 is 1.76 bits per heavy atom. The number of hydrogen-bond acceptors (Lipinski definition) is 6. The van der Waals surface area contributed by atoms with Crippen molar-refractivity contribution in [2.75, 3.05) is 24.4 Å². The number of para-hydroxylation sites is 1. The second kappa shape index (κ2) is 12.4. The van der Waals surface area contributed by atoms with Crippen LogP contribution in [0.2, 0.25) is 15.1 Å². The fourth-order valence-electron chi connectivity index (χ4n) is 4.51. The number of ether oxygens (including phenoxy) is 1. The number of benzodiazepines with no additional fused rings is 1. The number of carbonyl (C=O) groups is 2. The highest BCUT2D eigenvalue weighted by atomic mass is 35.5. The first-order valence-corrected chi connectivity index (χ1v) is 13.7. The van der Waals surface area contributed by atoms with Gasteiger partial charge in [-0.2, -0.15) is 0 Å². The molecule has 1 aliphatic rings. The maximum absolute atomic E-state index is 14.4. The molecule has 1 aromatic heterocycles. The molecule has 214 valence electrons. The number of benzene rings is 3. The maximum atomic E-state index is 14.4. The lowest BCUT2D eigenvalue weighted by Gasteiger charge is -2.22. The molecule has 1 atom stereocenters. The average Bonchev–Trinajstić information content (AvgIpc) is 3.09. The number of aliphatic imine (C=N–C) groups is 1. The molecule has 0 spiro atoms. The molecule has 0 aliphatic carbocycles. The number of methoxy groups -OCH3 is 1. The molecule has 2 amide bonds. The molecule has 8 nitrogen and oxygen atoms in total. The lowest BCUT2D eigenvalue weighted by Crippen LogP contribution is -2.43. The molecule has 0 bridgehead atoms. The van der Waals surface area contributed by atoms with Crippen molar-refractivity contribution in [3.05, 3.63) is 116 Å². The van der Waals surface area contributed by atoms with E-state index in [9.17, 15) is 14.0 Å². The van der Waals surface area contributed by atoms with E-state index in [4.69, 9.17) is 39.5 Å². The summed E-state index contributed by atoms with van der Waals surface area (Å²) >= 11 is 19.2. The van der Waals surface area contributed by atoms with Crippen molar-refractivity contribution in [1.82, 2.24) is 10.3 Å². The standard InChI is InChI=1S/C30H23Cl3FN5O3/c1-39(15-16-7-9-19(42-2)10-8-16)28-21(13-18(34)14-35-28)29(40)38-27-30(41)36-24-6-4-3-5-20(24)26(37-27)25-22(32)11-17(31)12-23(25)33/h3-14,27H,15H2,1-2H3,(H,36,41)(H,38,40). The highest BCUT2D eigenvalue weighted by Crippen LogP contribution is 2.34. The molecule has 0 saturated carbocycles. The number of fused-ring (bicyclic) bond motifs is 1. The van der Waals surface area contributed by atoms with Crippen LogP contribution in [-0.2, 0) is 11.3 Å². The number of pyridine rings is 1. The van der Waals surface area contributed by atoms with E-state index in [0.29, 0.717) is 34.1 Å². The number of nitrogens with zero attached hydrogens (tertiary/aromatic N) is 3.